The van der Waals surface area contributed by atoms with Gasteiger partial charge in [0.1, 0.15) is 23.9 Å². The molecule has 0 aliphatic heterocycles. The smallest absolute Gasteiger partial charge is 0.220 e. The fraction of sp³-hybridized carbons (Fsp3) is 0.286. The van der Waals surface area contributed by atoms with Crippen molar-refractivity contribution in [1.82, 2.24) is 20.3 Å². The van der Waals surface area contributed by atoms with Crippen molar-refractivity contribution in [3.8, 4) is 5.75 Å². The Bertz CT molecular complexity index is 866. The number of hydrogen-bond donors (Lipinski definition) is 1. The van der Waals surface area contributed by atoms with E-state index in [1.807, 2.05) is 36.5 Å². The van der Waals surface area contributed by atoms with Gasteiger partial charge in [0.05, 0.1) is 6.20 Å². The summed E-state index contributed by atoms with van der Waals surface area (Å²) < 4.78 is 20.2. The van der Waals surface area contributed by atoms with Crippen molar-refractivity contribution in [2.24, 2.45) is 0 Å². The lowest BCUT2D eigenvalue weighted by Gasteiger charge is -2.05. The molecule has 1 amide bonds. The van der Waals surface area contributed by atoms with Crippen molar-refractivity contribution in [2.45, 2.75) is 32.4 Å². The lowest BCUT2D eigenvalue weighted by Crippen LogP contribution is -2.25. The van der Waals surface area contributed by atoms with Gasteiger partial charge in [-0.1, -0.05) is 35.5 Å². The van der Waals surface area contributed by atoms with Crippen LogP contribution in [0.4, 0.5) is 4.39 Å². The summed E-state index contributed by atoms with van der Waals surface area (Å²) in [6.45, 7) is 1.51. The van der Waals surface area contributed by atoms with E-state index in [1.165, 1.54) is 12.1 Å². The second-order valence-electron chi connectivity index (χ2n) is 6.40. The van der Waals surface area contributed by atoms with Crippen LogP contribution in [0.15, 0.2) is 60.8 Å². The van der Waals surface area contributed by atoms with Crippen LogP contribution in [0.5, 0.6) is 5.75 Å². The third-order valence-electron chi connectivity index (χ3n) is 4.16. The van der Waals surface area contributed by atoms with Crippen LogP contribution in [-0.2, 0) is 24.4 Å². The van der Waals surface area contributed by atoms with Crippen molar-refractivity contribution < 1.29 is 13.9 Å². The van der Waals surface area contributed by atoms with Crippen LogP contribution in [0, 0.1) is 5.82 Å². The van der Waals surface area contributed by atoms with Crippen LogP contribution in [0.3, 0.4) is 0 Å². The number of ether oxygens (including phenoxy) is 1. The van der Waals surface area contributed by atoms with Crippen LogP contribution >= 0.6 is 0 Å². The number of para-hydroxylation sites is 1. The highest BCUT2D eigenvalue weighted by Crippen LogP contribution is 2.10. The number of aryl methyl sites for hydroxylation is 1. The Balaban J connectivity index is 1.30. The number of halogens is 1. The van der Waals surface area contributed by atoms with Gasteiger partial charge in [-0.2, -0.15) is 0 Å². The summed E-state index contributed by atoms with van der Waals surface area (Å²) >= 11 is 0. The Hall–Kier alpha value is -3.22. The zero-order chi connectivity index (χ0) is 19.6. The SMILES string of the molecule is O=C(CCCn1cc(COc2ccccc2)nn1)NCCc1ccc(F)cc1. The number of rotatable bonds is 10. The van der Waals surface area contributed by atoms with Crippen molar-refractivity contribution in [1.29, 1.82) is 0 Å². The molecule has 0 atom stereocenters. The fourth-order valence-corrected chi connectivity index (χ4v) is 2.68. The van der Waals surface area contributed by atoms with Crippen molar-refractivity contribution in [3.63, 3.8) is 0 Å². The minimum atomic E-state index is -0.254. The molecule has 1 N–H and O–H groups in total. The second kappa shape index (κ2) is 10.2. The van der Waals surface area contributed by atoms with Gasteiger partial charge in [-0.15, -0.1) is 5.10 Å². The maximum Gasteiger partial charge on any atom is 0.220 e. The number of nitrogens with zero attached hydrogens (tertiary/aromatic N) is 3. The van der Waals surface area contributed by atoms with E-state index >= 15 is 0 Å². The van der Waals surface area contributed by atoms with Gasteiger partial charge in [0.2, 0.25) is 5.91 Å². The first kappa shape index (κ1) is 19.5. The molecule has 146 valence electrons. The molecule has 0 bridgehead atoms. The lowest BCUT2D eigenvalue weighted by molar-refractivity contribution is -0.121. The predicted molar refractivity (Wildman–Crippen MR) is 103 cm³/mol. The molecular formula is C21H23FN4O2. The Kier molecular flexibility index (Phi) is 7.12. The topological polar surface area (TPSA) is 69.0 Å². The van der Waals surface area contributed by atoms with Crippen LogP contribution in [0.2, 0.25) is 0 Å². The average molecular weight is 382 g/mol. The molecule has 28 heavy (non-hydrogen) atoms. The third kappa shape index (κ3) is 6.50. The molecular weight excluding hydrogens is 359 g/mol. The van der Waals surface area contributed by atoms with Gasteiger partial charge in [0, 0.05) is 19.5 Å². The van der Waals surface area contributed by atoms with Crippen molar-refractivity contribution in [2.75, 3.05) is 6.54 Å². The van der Waals surface area contributed by atoms with Gasteiger partial charge in [-0.05, 0) is 42.7 Å². The van der Waals surface area contributed by atoms with Crippen molar-refractivity contribution >= 4 is 5.91 Å². The predicted octanol–water partition coefficient (Wildman–Crippen LogP) is 3.14. The zero-order valence-electron chi connectivity index (χ0n) is 15.6. The molecule has 6 nitrogen and oxygen atoms in total. The quantitative estimate of drug-likeness (QED) is 0.585. The molecule has 0 radical (unpaired) electrons. The minimum absolute atomic E-state index is 0.00476. The molecule has 1 aromatic heterocycles. The first-order valence-corrected chi connectivity index (χ1v) is 9.27. The monoisotopic (exact) mass is 382 g/mol. The van der Waals surface area contributed by atoms with Crippen LogP contribution < -0.4 is 10.1 Å². The number of nitrogens with one attached hydrogen (secondary N) is 1. The zero-order valence-corrected chi connectivity index (χ0v) is 15.6. The molecule has 0 unspecified atom stereocenters. The molecule has 0 aliphatic carbocycles. The van der Waals surface area contributed by atoms with Gasteiger partial charge < -0.3 is 10.1 Å². The molecule has 0 saturated heterocycles. The number of carbonyl (C=O) groups is 1. The highest BCUT2D eigenvalue weighted by atomic mass is 19.1. The van der Waals surface area contributed by atoms with E-state index in [0.29, 0.717) is 39.0 Å². The second-order valence-corrected chi connectivity index (χ2v) is 6.40. The standard InChI is InChI=1S/C21H23FN4O2/c22-18-10-8-17(9-11-18)12-13-23-21(27)7-4-14-26-15-19(24-25-26)16-28-20-5-2-1-3-6-20/h1-3,5-6,8-11,15H,4,7,12-14,16H2,(H,23,27). The lowest BCUT2D eigenvalue weighted by atomic mass is 10.1. The summed E-state index contributed by atoms with van der Waals surface area (Å²) in [6, 6.07) is 15.8. The summed E-state index contributed by atoms with van der Waals surface area (Å²) in [5.41, 5.74) is 1.74. The number of benzene rings is 2. The van der Waals surface area contributed by atoms with Crippen LogP contribution in [-0.4, -0.2) is 27.4 Å². The summed E-state index contributed by atoms with van der Waals surface area (Å²) in [5, 5.41) is 11.0. The molecule has 3 rings (SSSR count). The molecule has 7 heteroatoms. The summed E-state index contributed by atoms with van der Waals surface area (Å²) in [4.78, 5) is 11.9. The minimum Gasteiger partial charge on any atom is -0.487 e. The number of amides is 1. The number of carbonyl (C=O) groups excluding carboxylic acids is 1. The summed E-state index contributed by atoms with van der Waals surface area (Å²) in [5.74, 6) is 0.528. The molecule has 3 aromatic rings. The maximum atomic E-state index is 12.9. The Morgan fingerprint density at radius 2 is 1.89 bits per heavy atom. The molecule has 0 spiro atoms. The van der Waals surface area contributed by atoms with Crippen molar-refractivity contribution in [3.05, 3.63) is 77.9 Å². The Morgan fingerprint density at radius 3 is 2.68 bits per heavy atom. The highest BCUT2D eigenvalue weighted by Gasteiger charge is 2.05. The fourth-order valence-electron chi connectivity index (χ4n) is 2.68. The van der Waals surface area contributed by atoms with Gasteiger partial charge in [0.15, 0.2) is 0 Å². The average Bonchev–Trinajstić information content (AvgIpc) is 3.16. The van der Waals surface area contributed by atoms with Crippen LogP contribution in [0.1, 0.15) is 24.1 Å². The van der Waals surface area contributed by atoms with Crippen LogP contribution in [0.25, 0.3) is 0 Å². The molecule has 0 saturated carbocycles. The largest absolute Gasteiger partial charge is 0.487 e. The van der Waals surface area contributed by atoms with E-state index < -0.39 is 0 Å². The highest BCUT2D eigenvalue weighted by molar-refractivity contribution is 5.75. The van der Waals surface area contributed by atoms with E-state index in [1.54, 1.807) is 16.8 Å². The first-order valence-electron chi connectivity index (χ1n) is 9.27. The molecule has 0 fully saturated rings. The van der Waals surface area contributed by atoms with E-state index in [0.717, 1.165) is 17.0 Å². The van der Waals surface area contributed by atoms with E-state index in [2.05, 4.69) is 15.6 Å². The van der Waals surface area contributed by atoms with Gasteiger partial charge in [-0.25, -0.2) is 4.39 Å². The number of aromatic nitrogens is 3. The van der Waals surface area contributed by atoms with E-state index in [9.17, 15) is 9.18 Å². The van der Waals surface area contributed by atoms with E-state index in [-0.39, 0.29) is 11.7 Å². The number of hydrogen-bond acceptors (Lipinski definition) is 4. The van der Waals surface area contributed by atoms with Gasteiger partial charge >= 0.3 is 0 Å². The normalized spacial score (nSPS) is 10.6. The molecule has 2 aromatic carbocycles. The van der Waals surface area contributed by atoms with Gasteiger partial charge in [-0.3, -0.25) is 9.48 Å². The first-order chi connectivity index (χ1) is 13.7. The van der Waals surface area contributed by atoms with E-state index in [4.69, 9.17) is 4.74 Å². The summed E-state index contributed by atoms with van der Waals surface area (Å²) in [7, 11) is 0. The third-order valence-corrected chi connectivity index (χ3v) is 4.16. The maximum absolute atomic E-state index is 12.9. The Morgan fingerprint density at radius 1 is 1.11 bits per heavy atom. The molecule has 1 heterocycles. The van der Waals surface area contributed by atoms with Gasteiger partial charge in [0.25, 0.3) is 0 Å². The Labute approximate surface area is 163 Å². The molecule has 0 aliphatic rings. The summed E-state index contributed by atoms with van der Waals surface area (Å²) in [6.07, 6.45) is 3.60.